The van der Waals surface area contributed by atoms with E-state index >= 15 is 0 Å². The summed E-state index contributed by atoms with van der Waals surface area (Å²) in [5.74, 6) is -2.10. The van der Waals surface area contributed by atoms with Crippen molar-refractivity contribution < 1.29 is 27.9 Å². The lowest BCUT2D eigenvalue weighted by atomic mass is 9.95. The molecular formula is C29H27Cl2N3O6S. The number of carboxylic acid groups (broad SMARTS) is 1. The van der Waals surface area contributed by atoms with Crippen LogP contribution in [0, 0.1) is 0 Å². The number of halogens is 2. The fraction of sp³-hybridized carbons (Fsp3) is 0.276. The first-order chi connectivity index (χ1) is 19.4. The number of hydrogen-bond donors (Lipinski definition) is 3. The normalized spacial score (nSPS) is 16.8. The standard InChI is InChI=1S/C29H27Cl2N3O6S/c1-41(39,40)19-7-4-5-16(11-19)12-24(29(37)38)33-27(35)25-21(30)13-18-15-34(10-9-20(18)26(25)31)28(36)23-14-17-6-2-3-8-22(17)32-23/h2-8,11,13,23-24,32H,9-10,12,14-15H2,1H3,(H,33,35)(H,37,38)/t23?,24-/m0/s1. The van der Waals surface area contributed by atoms with Crippen molar-refractivity contribution in [2.75, 3.05) is 18.1 Å². The Morgan fingerprint density at radius 2 is 1.85 bits per heavy atom. The molecule has 0 fully saturated rings. The van der Waals surface area contributed by atoms with Crippen LogP contribution in [0.5, 0.6) is 0 Å². The highest BCUT2D eigenvalue weighted by molar-refractivity contribution is 7.90. The highest BCUT2D eigenvalue weighted by Gasteiger charge is 2.34. The molecule has 214 valence electrons. The van der Waals surface area contributed by atoms with Crippen molar-refractivity contribution in [2.24, 2.45) is 0 Å². The molecular weight excluding hydrogens is 589 g/mol. The van der Waals surface area contributed by atoms with Crippen molar-refractivity contribution in [3.63, 3.8) is 0 Å². The number of nitrogens with one attached hydrogen (secondary N) is 2. The van der Waals surface area contributed by atoms with Gasteiger partial charge in [-0.25, -0.2) is 13.2 Å². The van der Waals surface area contributed by atoms with E-state index in [2.05, 4.69) is 10.6 Å². The molecule has 2 atom stereocenters. The van der Waals surface area contributed by atoms with Gasteiger partial charge < -0.3 is 20.6 Å². The number of carboxylic acids is 1. The summed E-state index contributed by atoms with van der Waals surface area (Å²) in [7, 11) is -3.49. The number of para-hydroxylation sites is 1. The summed E-state index contributed by atoms with van der Waals surface area (Å²) < 4.78 is 23.8. The van der Waals surface area contributed by atoms with E-state index < -0.39 is 27.8 Å². The molecule has 1 unspecified atom stereocenters. The number of carbonyl (C=O) groups excluding carboxylic acids is 2. The quantitative estimate of drug-likeness (QED) is 0.369. The second-order valence-electron chi connectivity index (χ2n) is 10.2. The number of amides is 2. The van der Waals surface area contributed by atoms with Crippen LogP contribution >= 0.6 is 23.2 Å². The number of sulfone groups is 1. The zero-order valence-corrected chi connectivity index (χ0v) is 24.3. The maximum atomic E-state index is 13.3. The van der Waals surface area contributed by atoms with E-state index in [9.17, 15) is 27.9 Å². The van der Waals surface area contributed by atoms with E-state index in [1.165, 1.54) is 18.2 Å². The summed E-state index contributed by atoms with van der Waals surface area (Å²) in [6, 6.07) is 13.6. The zero-order chi connectivity index (χ0) is 29.5. The first kappa shape index (κ1) is 28.9. The van der Waals surface area contributed by atoms with Crippen molar-refractivity contribution in [3.05, 3.63) is 92.5 Å². The molecule has 2 amide bonds. The lowest BCUT2D eigenvalue weighted by molar-refractivity contribution is -0.139. The van der Waals surface area contributed by atoms with Crippen molar-refractivity contribution >= 4 is 56.5 Å². The number of fused-ring (bicyclic) bond motifs is 2. The van der Waals surface area contributed by atoms with E-state index in [1.807, 2.05) is 24.3 Å². The topological polar surface area (TPSA) is 133 Å². The molecule has 2 aliphatic rings. The summed E-state index contributed by atoms with van der Waals surface area (Å²) in [5, 5.41) is 15.7. The first-order valence-electron chi connectivity index (χ1n) is 12.9. The van der Waals surface area contributed by atoms with Crippen LogP contribution in [0.25, 0.3) is 0 Å². The molecule has 0 saturated heterocycles. The zero-order valence-electron chi connectivity index (χ0n) is 22.0. The SMILES string of the molecule is CS(=O)(=O)c1cccc(C[C@H](NC(=O)c2c(Cl)cc3c(c2Cl)CCN(C(=O)C2Cc4ccccc4N2)C3)C(=O)O)c1. The largest absolute Gasteiger partial charge is 0.480 e. The van der Waals surface area contributed by atoms with Gasteiger partial charge in [0.05, 0.1) is 20.5 Å². The Morgan fingerprint density at radius 1 is 1.10 bits per heavy atom. The van der Waals surface area contributed by atoms with Gasteiger partial charge >= 0.3 is 5.97 Å². The van der Waals surface area contributed by atoms with Gasteiger partial charge in [-0.3, -0.25) is 9.59 Å². The van der Waals surface area contributed by atoms with Gasteiger partial charge in [0.25, 0.3) is 5.91 Å². The highest BCUT2D eigenvalue weighted by atomic mass is 35.5. The molecule has 0 saturated carbocycles. The van der Waals surface area contributed by atoms with Crippen molar-refractivity contribution in [3.8, 4) is 0 Å². The van der Waals surface area contributed by atoms with Gasteiger partial charge in [0.2, 0.25) is 5.91 Å². The molecule has 2 heterocycles. The lowest BCUT2D eigenvalue weighted by Gasteiger charge is -2.32. The Kier molecular flexibility index (Phi) is 8.00. The van der Waals surface area contributed by atoms with E-state index in [4.69, 9.17) is 23.2 Å². The van der Waals surface area contributed by atoms with Gasteiger partial charge in [0.1, 0.15) is 12.1 Å². The molecule has 3 N–H and O–H groups in total. The molecule has 0 aliphatic carbocycles. The summed E-state index contributed by atoms with van der Waals surface area (Å²) in [4.78, 5) is 40.3. The minimum atomic E-state index is -3.49. The number of carbonyl (C=O) groups is 3. The molecule has 9 nitrogen and oxygen atoms in total. The first-order valence-corrected chi connectivity index (χ1v) is 15.5. The summed E-state index contributed by atoms with van der Waals surface area (Å²) >= 11 is 13.2. The fourth-order valence-electron chi connectivity index (χ4n) is 5.28. The van der Waals surface area contributed by atoms with Gasteiger partial charge in [0, 0.05) is 37.9 Å². The maximum absolute atomic E-state index is 13.3. The minimum Gasteiger partial charge on any atom is -0.480 e. The van der Waals surface area contributed by atoms with Crippen LogP contribution in [0.15, 0.2) is 59.5 Å². The third-order valence-corrected chi connectivity index (χ3v) is 9.21. The van der Waals surface area contributed by atoms with E-state index in [0.29, 0.717) is 30.5 Å². The van der Waals surface area contributed by atoms with Crippen LogP contribution in [0.3, 0.4) is 0 Å². The molecule has 41 heavy (non-hydrogen) atoms. The van der Waals surface area contributed by atoms with Gasteiger partial charge in [-0.2, -0.15) is 0 Å². The molecule has 0 bridgehead atoms. The molecule has 0 spiro atoms. The van der Waals surface area contributed by atoms with Crippen LogP contribution in [0.1, 0.15) is 32.6 Å². The molecule has 0 aromatic heterocycles. The number of benzene rings is 3. The van der Waals surface area contributed by atoms with Crippen LogP contribution in [-0.4, -0.2) is 61.1 Å². The van der Waals surface area contributed by atoms with E-state index in [0.717, 1.165) is 23.1 Å². The van der Waals surface area contributed by atoms with Gasteiger partial charge in [-0.1, -0.05) is 53.5 Å². The highest BCUT2D eigenvalue weighted by Crippen LogP contribution is 2.35. The molecule has 3 aromatic rings. The predicted octanol–water partition coefficient (Wildman–Crippen LogP) is 3.74. The maximum Gasteiger partial charge on any atom is 0.326 e. The van der Waals surface area contributed by atoms with Crippen molar-refractivity contribution in [1.82, 2.24) is 10.2 Å². The Balaban J connectivity index is 1.31. The average Bonchev–Trinajstić information content (AvgIpc) is 3.36. The molecule has 0 radical (unpaired) electrons. The number of nitrogens with zero attached hydrogens (tertiary/aromatic N) is 1. The Bertz CT molecular complexity index is 1650. The summed E-state index contributed by atoms with van der Waals surface area (Å²) in [6.45, 7) is 0.676. The Labute approximate surface area is 247 Å². The Morgan fingerprint density at radius 3 is 2.56 bits per heavy atom. The average molecular weight is 617 g/mol. The van der Waals surface area contributed by atoms with Gasteiger partial charge in [0.15, 0.2) is 9.84 Å². The summed E-state index contributed by atoms with van der Waals surface area (Å²) in [6.07, 6.45) is 1.91. The van der Waals surface area contributed by atoms with E-state index in [-0.39, 0.29) is 45.4 Å². The van der Waals surface area contributed by atoms with E-state index in [1.54, 1.807) is 17.0 Å². The van der Waals surface area contributed by atoms with Crippen LogP contribution in [0.2, 0.25) is 10.0 Å². The fourth-order valence-corrected chi connectivity index (χ4v) is 6.74. The number of rotatable bonds is 7. The third kappa shape index (κ3) is 6.05. The van der Waals surface area contributed by atoms with Crippen LogP contribution in [0.4, 0.5) is 5.69 Å². The third-order valence-electron chi connectivity index (χ3n) is 7.38. The number of hydrogen-bond acceptors (Lipinski definition) is 6. The second kappa shape index (κ2) is 11.3. The molecule has 12 heteroatoms. The van der Waals surface area contributed by atoms with Crippen molar-refractivity contribution in [2.45, 2.75) is 42.8 Å². The molecule has 3 aromatic carbocycles. The number of aliphatic carboxylic acids is 1. The van der Waals surface area contributed by atoms with Crippen LogP contribution < -0.4 is 10.6 Å². The predicted molar refractivity (Wildman–Crippen MR) is 155 cm³/mol. The van der Waals surface area contributed by atoms with Gasteiger partial charge in [-0.15, -0.1) is 0 Å². The smallest absolute Gasteiger partial charge is 0.326 e. The summed E-state index contributed by atoms with van der Waals surface area (Å²) in [5.41, 5.74) is 3.82. The van der Waals surface area contributed by atoms with Gasteiger partial charge in [-0.05, 0) is 52.9 Å². The van der Waals surface area contributed by atoms with Crippen molar-refractivity contribution in [1.29, 1.82) is 0 Å². The number of anilines is 1. The lowest BCUT2D eigenvalue weighted by Crippen LogP contribution is -2.45. The molecule has 5 rings (SSSR count). The monoisotopic (exact) mass is 615 g/mol. The van der Waals surface area contributed by atoms with Crippen LogP contribution in [-0.2, 0) is 45.2 Å². The Hall–Kier alpha value is -3.60. The minimum absolute atomic E-state index is 0.0369. The second-order valence-corrected chi connectivity index (χ2v) is 13.0. The molecule has 2 aliphatic heterocycles.